The first kappa shape index (κ1) is 19.7. The van der Waals surface area contributed by atoms with E-state index in [0.29, 0.717) is 0 Å². The van der Waals surface area contributed by atoms with Gasteiger partial charge in [-0.1, -0.05) is 57.2 Å². The number of likely N-dealkylation sites (N-methyl/N-ethyl adjacent to an activating group) is 1. The molecule has 0 atom stereocenters. The molecule has 0 N–H and O–H groups in total. The number of hydrogen-bond acceptors (Lipinski definition) is 1. The summed E-state index contributed by atoms with van der Waals surface area (Å²) in [6.45, 7) is 11.6. The molecule has 2 aliphatic heterocycles. The maximum Gasteiger partial charge on any atom is 0.209 e. The van der Waals surface area contributed by atoms with Crippen molar-refractivity contribution in [2.24, 2.45) is 0 Å². The molecular formula is C27H33N2+. The average Bonchev–Trinajstić information content (AvgIpc) is 3.02. The van der Waals surface area contributed by atoms with E-state index in [1.165, 1.54) is 39.5 Å². The van der Waals surface area contributed by atoms with Gasteiger partial charge in [0.2, 0.25) is 5.69 Å². The second-order valence-corrected chi connectivity index (χ2v) is 9.39. The molecule has 0 spiro atoms. The third-order valence-electron chi connectivity index (χ3n) is 6.93. The lowest BCUT2D eigenvalue weighted by Gasteiger charge is -2.25. The molecule has 0 saturated carbocycles. The van der Waals surface area contributed by atoms with Gasteiger partial charge in [-0.25, -0.2) is 0 Å². The van der Waals surface area contributed by atoms with Crippen LogP contribution >= 0.6 is 0 Å². The van der Waals surface area contributed by atoms with E-state index in [0.717, 1.165) is 6.42 Å². The molecule has 0 amide bonds. The molecular weight excluding hydrogens is 352 g/mol. The molecule has 2 heterocycles. The number of nitrogens with zero attached hydrogens (tertiary/aromatic N) is 2. The molecule has 29 heavy (non-hydrogen) atoms. The first-order valence-corrected chi connectivity index (χ1v) is 10.7. The highest BCUT2D eigenvalue weighted by Crippen LogP contribution is 2.47. The minimum atomic E-state index is 0.00429. The number of hydrogen-bond donors (Lipinski definition) is 0. The first-order chi connectivity index (χ1) is 13.7. The maximum atomic E-state index is 2.42. The molecule has 0 unspecified atom stereocenters. The Morgan fingerprint density at radius 3 is 2.17 bits per heavy atom. The second kappa shape index (κ2) is 6.73. The third kappa shape index (κ3) is 2.88. The predicted molar refractivity (Wildman–Crippen MR) is 125 cm³/mol. The summed E-state index contributed by atoms with van der Waals surface area (Å²) in [5, 5.41) is 0. The Morgan fingerprint density at radius 1 is 0.931 bits per heavy atom. The van der Waals surface area contributed by atoms with Crippen LogP contribution in [-0.4, -0.2) is 24.4 Å². The van der Waals surface area contributed by atoms with Crippen molar-refractivity contribution >= 4 is 17.1 Å². The van der Waals surface area contributed by atoms with Crippen LogP contribution in [0.1, 0.15) is 52.2 Å². The highest BCUT2D eigenvalue weighted by atomic mass is 15.2. The van der Waals surface area contributed by atoms with E-state index in [9.17, 15) is 0 Å². The minimum absolute atomic E-state index is 0.00429. The summed E-state index contributed by atoms with van der Waals surface area (Å²) in [4.78, 5) is 2.36. The van der Waals surface area contributed by atoms with Gasteiger partial charge in [0.1, 0.15) is 7.05 Å². The van der Waals surface area contributed by atoms with Crippen molar-refractivity contribution in [1.82, 2.24) is 0 Å². The molecule has 0 saturated heterocycles. The molecule has 2 nitrogen and oxygen atoms in total. The summed E-state index contributed by atoms with van der Waals surface area (Å²) in [6.07, 6.45) is 5.84. The lowest BCUT2D eigenvalue weighted by Crippen LogP contribution is -2.27. The number of anilines is 1. The van der Waals surface area contributed by atoms with Crippen molar-refractivity contribution < 1.29 is 4.58 Å². The molecule has 2 aromatic carbocycles. The van der Waals surface area contributed by atoms with Gasteiger partial charge >= 0.3 is 0 Å². The molecule has 0 aromatic heterocycles. The van der Waals surface area contributed by atoms with Crippen molar-refractivity contribution in [2.45, 2.75) is 51.9 Å². The molecule has 0 bridgehead atoms. The highest BCUT2D eigenvalue weighted by molar-refractivity contribution is 6.03. The maximum absolute atomic E-state index is 2.42. The largest absolute Gasteiger partial charge is 0.347 e. The lowest BCUT2D eigenvalue weighted by atomic mass is 9.80. The van der Waals surface area contributed by atoms with Crippen LogP contribution in [0.5, 0.6) is 0 Å². The Balaban J connectivity index is 1.80. The van der Waals surface area contributed by atoms with Crippen LogP contribution in [-0.2, 0) is 10.8 Å². The van der Waals surface area contributed by atoms with Gasteiger partial charge in [0.05, 0.1) is 5.41 Å². The van der Waals surface area contributed by atoms with Gasteiger partial charge < -0.3 is 4.90 Å². The summed E-state index contributed by atoms with van der Waals surface area (Å²) >= 11 is 0. The predicted octanol–water partition coefficient (Wildman–Crippen LogP) is 6.34. The summed E-state index contributed by atoms with van der Waals surface area (Å²) in [6, 6.07) is 17.6. The molecule has 0 aliphatic carbocycles. The zero-order chi connectivity index (χ0) is 21.0. The van der Waals surface area contributed by atoms with Crippen LogP contribution in [0.3, 0.4) is 0 Å². The van der Waals surface area contributed by atoms with Crippen LogP contribution in [0.25, 0.3) is 0 Å². The van der Waals surface area contributed by atoms with Crippen LogP contribution < -0.4 is 4.90 Å². The summed E-state index contributed by atoms with van der Waals surface area (Å²) < 4.78 is 2.36. The molecule has 2 aliphatic rings. The van der Waals surface area contributed by atoms with Crippen molar-refractivity contribution in [3.8, 4) is 0 Å². The number of para-hydroxylation sites is 2. The number of rotatable bonds is 3. The van der Waals surface area contributed by atoms with E-state index in [-0.39, 0.29) is 10.8 Å². The minimum Gasteiger partial charge on any atom is -0.347 e. The topological polar surface area (TPSA) is 6.25 Å². The van der Waals surface area contributed by atoms with Crippen molar-refractivity contribution in [1.29, 1.82) is 0 Å². The zero-order valence-electron chi connectivity index (χ0n) is 18.9. The van der Waals surface area contributed by atoms with E-state index in [4.69, 9.17) is 0 Å². The second-order valence-electron chi connectivity index (χ2n) is 9.39. The van der Waals surface area contributed by atoms with Crippen LogP contribution in [0.2, 0.25) is 0 Å². The van der Waals surface area contributed by atoms with Crippen molar-refractivity contribution in [3.63, 3.8) is 0 Å². The molecule has 2 aromatic rings. The summed E-state index contributed by atoms with van der Waals surface area (Å²) in [5.74, 6) is 0. The summed E-state index contributed by atoms with van der Waals surface area (Å²) in [7, 11) is 4.39. The first-order valence-electron chi connectivity index (χ1n) is 10.7. The Labute approximate surface area is 175 Å². The molecule has 150 valence electrons. The Morgan fingerprint density at radius 2 is 1.55 bits per heavy atom. The van der Waals surface area contributed by atoms with Gasteiger partial charge in [0.25, 0.3) is 0 Å². The number of fused-ring (bicyclic) bond motifs is 2. The zero-order valence-corrected chi connectivity index (χ0v) is 18.9. The van der Waals surface area contributed by atoms with E-state index in [1.807, 2.05) is 0 Å². The molecule has 0 fully saturated rings. The lowest BCUT2D eigenvalue weighted by molar-refractivity contribution is -0.401. The normalized spacial score (nSPS) is 21.0. The number of benzene rings is 2. The monoisotopic (exact) mass is 385 g/mol. The number of allylic oxidation sites excluding steroid dienone is 4. The Hall–Kier alpha value is -2.61. The summed E-state index contributed by atoms with van der Waals surface area (Å²) in [5.41, 5.74) is 9.55. The van der Waals surface area contributed by atoms with E-state index >= 15 is 0 Å². The fourth-order valence-electron chi connectivity index (χ4n) is 5.11. The fraction of sp³-hybridized carbons (Fsp3) is 0.370. The highest BCUT2D eigenvalue weighted by Gasteiger charge is 2.43. The van der Waals surface area contributed by atoms with E-state index < -0.39 is 0 Å². The Bertz CT molecular complexity index is 1060. The van der Waals surface area contributed by atoms with E-state index in [1.54, 1.807) is 0 Å². The molecule has 2 heteroatoms. The van der Waals surface area contributed by atoms with Gasteiger partial charge in [-0.05, 0) is 43.5 Å². The molecule has 4 rings (SSSR count). The SMILES string of the molecule is CCC(=C\C1=[N+](C)c2ccccc2C1(C)C)/C=C1/N(C)c2ccccc2C1(C)C. The molecule has 0 radical (unpaired) electrons. The van der Waals surface area contributed by atoms with Gasteiger partial charge in [-0.3, -0.25) is 0 Å². The van der Waals surface area contributed by atoms with Gasteiger partial charge in [0.15, 0.2) is 5.71 Å². The quantitative estimate of drug-likeness (QED) is 0.559. The third-order valence-corrected chi connectivity index (χ3v) is 6.93. The van der Waals surface area contributed by atoms with Crippen molar-refractivity contribution in [2.75, 3.05) is 19.0 Å². The van der Waals surface area contributed by atoms with Crippen LogP contribution in [0.4, 0.5) is 11.4 Å². The van der Waals surface area contributed by atoms with Gasteiger partial charge in [0, 0.05) is 41.6 Å². The van der Waals surface area contributed by atoms with Gasteiger partial charge in [-0.15, -0.1) is 0 Å². The smallest absolute Gasteiger partial charge is 0.209 e. The van der Waals surface area contributed by atoms with Crippen LogP contribution in [0, 0.1) is 0 Å². The standard InChI is InChI=1S/C27H33N2/c1-8-19(17-24-26(2,3)20-13-9-11-15-22(20)28(24)6)18-25-27(4,5)21-14-10-12-16-23(21)29(25)7/h9-18H,8H2,1-7H3/q+1. The van der Waals surface area contributed by atoms with E-state index in [2.05, 4.69) is 119 Å². The Kier molecular flexibility index (Phi) is 4.57. The fourth-order valence-corrected chi connectivity index (χ4v) is 5.11. The van der Waals surface area contributed by atoms with Gasteiger partial charge in [-0.2, -0.15) is 4.58 Å². The van der Waals surface area contributed by atoms with Crippen molar-refractivity contribution in [3.05, 3.63) is 83.1 Å². The van der Waals surface area contributed by atoms with Crippen LogP contribution in [0.15, 0.2) is 72.0 Å². The average molecular weight is 386 g/mol.